The first-order chi connectivity index (χ1) is 9.43. The summed E-state index contributed by atoms with van der Waals surface area (Å²) in [6.07, 6.45) is 6.74. The third-order valence-corrected chi connectivity index (χ3v) is 2.95. The Morgan fingerprint density at radius 2 is 2.00 bits per heavy atom. The van der Waals surface area contributed by atoms with Gasteiger partial charge in [0, 0.05) is 31.7 Å². The maximum absolute atomic E-state index is 5.37. The fourth-order valence-electron chi connectivity index (χ4n) is 2.04. The average Bonchev–Trinajstić information content (AvgIpc) is 2.50. The molecule has 0 amide bonds. The lowest BCUT2D eigenvalue weighted by atomic mass is 10.3. The molecule has 3 heterocycles. The van der Waals surface area contributed by atoms with E-state index in [1.807, 2.05) is 6.07 Å². The Morgan fingerprint density at radius 1 is 1.11 bits per heavy atom. The summed E-state index contributed by atoms with van der Waals surface area (Å²) in [5.41, 5.74) is 1.07. The normalized spacial score (nSPS) is 15.3. The van der Waals surface area contributed by atoms with E-state index < -0.39 is 0 Å². The van der Waals surface area contributed by atoms with E-state index in [2.05, 4.69) is 31.2 Å². The number of anilines is 3. The van der Waals surface area contributed by atoms with Crippen molar-refractivity contribution in [3.63, 3.8) is 0 Å². The molecule has 98 valence electrons. The monoisotopic (exact) mass is 257 g/mol. The summed E-state index contributed by atoms with van der Waals surface area (Å²) in [6.45, 7) is 3.25. The van der Waals surface area contributed by atoms with E-state index >= 15 is 0 Å². The molecule has 19 heavy (non-hydrogen) atoms. The minimum Gasteiger partial charge on any atom is -0.378 e. The number of hydrogen-bond acceptors (Lipinski definition) is 6. The first kappa shape index (κ1) is 11.9. The van der Waals surface area contributed by atoms with Crippen LogP contribution in [-0.2, 0) is 4.74 Å². The summed E-state index contributed by atoms with van der Waals surface area (Å²) in [5, 5.41) is 3.20. The van der Waals surface area contributed by atoms with Gasteiger partial charge in [-0.25, -0.2) is 9.97 Å². The van der Waals surface area contributed by atoms with E-state index in [4.69, 9.17) is 4.74 Å². The molecular formula is C13H15N5O. The van der Waals surface area contributed by atoms with Gasteiger partial charge in [-0.15, -0.1) is 0 Å². The second-order valence-corrected chi connectivity index (χ2v) is 4.19. The van der Waals surface area contributed by atoms with Gasteiger partial charge in [-0.05, 0) is 12.1 Å². The van der Waals surface area contributed by atoms with Crippen LogP contribution in [0.3, 0.4) is 0 Å². The third-order valence-electron chi connectivity index (χ3n) is 2.95. The van der Waals surface area contributed by atoms with Crippen LogP contribution in [0.4, 0.5) is 17.3 Å². The topological polar surface area (TPSA) is 63.2 Å². The number of nitrogens with zero attached hydrogens (tertiary/aromatic N) is 4. The van der Waals surface area contributed by atoms with Gasteiger partial charge in [-0.3, -0.25) is 4.98 Å². The Morgan fingerprint density at radius 3 is 2.79 bits per heavy atom. The standard InChI is InChI=1S/C13H15N5O/c1-2-11(18-6-8-19-9-7-18)13(16-3-1)17-12-10-14-4-5-15-12/h1-5,10H,6-9H2,(H,15,16,17). The summed E-state index contributed by atoms with van der Waals surface area (Å²) in [6, 6.07) is 3.99. The summed E-state index contributed by atoms with van der Waals surface area (Å²) >= 11 is 0. The van der Waals surface area contributed by atoms with Gasteiger partial charge in [0.05, 0.1) is 25.1 Å². The van der Waals surface area contributed by atoms with Crippen LogP contribution in [0, 0.1) is 0 Å². The minimum absolute atomic E-state index is 0.690. The van der Waals surface area contributed by atoms with Crippen molar-refractivity contribution in [2.24, 2.45) is 0 Å². The summed E-state index contributed by atoms with van der Waals surface area (Å²) in [5.74, 6) is 1.49. The molecule has 0 atom stereocenters. The number of morpholine rings is 1. The zero-order chi connectivity index (χ0) is 12.9. The molecule has 2 aromatic rings. The molecule has 0 saturated carbocycles. The number of pyridine rings is 1. The van der Waals surface area contributed by atoms with Crippen LogP contribution in [0.1, 0.15) is 0 Å². The zero-order valence-electron chi connectivity index (χ0n) is 10.5. The minimum atomic E-state index is 0.690. The Balaban J connectivity index is 1.84. The molecule has 1 aliphatic rings. The van der Waals surface area contributed by atoms with Gasteiger partial charge in [0.2, 0.25) is 0 Å². The van der Waals surface area contributed by atoms with Crippen molar-refractivity contribution in [3.8, 4) is 0 Å². The lowest BCUT2D eigenvalue weighted by molar-refractivity contribution is 0.122. The zero-order valence-corrected chi connectivity index (χ0v) is 10.5. The lowest BCUT2D eigenvalue weighted by Crippen LogP contribution is -2.36. The fourth-order valence-corrected chi connectivity index (χ4v) is 2.04. The fraction of sp³-hybridized carbons (Fsp3) is 0.308. The predicted molar refractivity (Wildman–Crippen MR) is 72.6 cm³/mol. The quantitative estimate of drug-likeness (QED) is 0.898. The number of rotatable bonds is 3. The highest BCUT2D eigenvalue weighted by Gasteiger charge is 2.15. The van der Waals surface area contributed by atoms with Gasteiger partial charge in [0.1, 0.15) is 5.82 Å². The van der Waals surface area contributed by atoms with Crippen LogP contribution in [0.2, 0.25) is 0 Å². The highest BCUT2D eigenvalue weighted by molar-refractivity contribution is 5.70. The summed E-state index contributed by atoms with van der Waals surface area (Å²) < 4.78 is 5.37. The van der Waals surface area contributed by atoms with Crippen molar-refractivity contribution in [1.29, 1.82) is 0 Å². The van der Waals surface area contributed by atoms with Crippen molar-refractivity contribution in [3.05, 3.63) is 36.9 Å². The smallest absolute Gasteiger partial charge is 0.155 e. The van der Waals surface area contributed by atoms with E-state index in [-0.39, 0.29) is 0 Å². The maximum Gasteiger partial charge on any atom is 0.155 e. The third kappa shape index (κ3) is 2.79. The molecule has 1 N–H and O–H groups in total. The van der Waals surface area contributed by atoms with Crippen molar-refractivity contribution >= 4 is 17.3 Å². The molecule has 6 nitrogen and oxygen atoms in total. The molecule has 1 aliphatic heterocycles. The molecule has 2 aromatic heterocycles. The molecular weight excluding hydrogens is 242 g/mol. The van der Waals surface area contributed by atoms with Crippen LogP contribution in [0.25, 0.3) is 0 Å². The van der Waals surface area contributed by atoms with E-state index in [9.17, 15) is 0 Å². The van der Waals surface area contributed by atoms with Gasteiger partial charge in [-0.1, -0.05) is 0 Å². The van der Waals surface area contributed by atoms with E-state index in [1.165, 1.54) is 0 Å². The maximum atomic E-state index is 5.37. The van der Waals surface area contributed by atoms with Crippen LogP contribution in [-0.4, -0.2) is 41.3 Å². The van der Waals surface area contributed by atoms with E-state index in [0.29, 0.717) is 5.82 Å². The number of ether oxygens (including phenoxy) is 1. The molecule has 0 radical (unpaired) electrons. The second-order valence-electron chi connectivity index (χ2n) is 4.19. The Bertz CT molecular complexity index is 528. The van der Waals surface area contributed by atoms with E-state index in [1.54, 1.807) is 24.8 Å². The Hall–Kier alpha value is -2.21. The molecule has 3 rings (SSSR count). The molecule has 0 aliphatic carbocycles. The number of hydrogen-bond donors (Lipinski definition) is 1. The van der Waals surface area contributed by atoms with Crippen LogP contribution in [0.15, 0.2) is 36.9 Å². The van der Waals surface area contributed by atoms with Gasteiger partial charge in [-0.2, -0.15) is 0 Å². The van der Waals surface area contributed by atoms with Gasteiger partial charge in [0.25, 0.3) is 0 Å². The largest absolute Gasteiger partial charge is 0.378 e. The van der Waals surface area contributed by atoms with Crippen LogP contribution < -0.4 is 10.2 Å². The van der Waals surface area contributed by atoms with Crippen molar-refractivity contribution in [2.45, 2.75) is 0 Å². The van der Waals surface area contributed by atoms with Gasteiger partial charge < -0.3 is 15.0 Å². The van der Waals surface area contributed by atoms with E-state index in [0.717, 1.165) is 37.8 Å². The van der Waals surface area contributed by atoms with Gasteiger partial charge >= 0.3 is 0 Å². The van der Waals surface area contributed by atoms with Gasteiger partial charge in [0.15, 0.2) is 5.82 Å². The Labute approximate surface area is 111 Å². The Kier molecular flexibility index (Phi) is 3.51. The van der Waals surface area contributed by atoms with Crippen LogP contribution >= 0.6 is 0 Å². The highest BCUT2D eigenvalue weighted by Crippen LogP contribution is 2.25. The highest BCUT2D eigenvalue weighted by atomic mass is 16.5. The van der Waals surface area contributed by atoms with Crippen molar-refractivity contribution in [1.82, 2.24) is 15.0 Å². The average molecular weight is 257 g/mol. The van der Waals surface area contributed by atoms with Crippen molar-refractivity contribution < 1.29 is 4.74 Å². The molecule has 1 fully saturated rings. The second kappa shape index (κ2) is 5.62. The predicted octanol–water partition coefficient (Wildman–Crippen LogP) is 1.45. The molecule has 0 bridgehead atoms. The molecule has 6 heteroatoms. The first-order valence-corrected chi connectivity index (χ1v) is 6.24. The molecule has 1 saturated heterocycles. The number of aromatic nitrogens is 3. The molecule has 0 unspecified atom stereocenters. The SMILES string of the molecule is c1cnc(Nc2cnccn2)c(N2CCOCC2)c1. The van der Waals surface area contributed by atoms with Crippen LogP contribution in [0.5, 0.6) is 0 Å². The lowest BCUT2D eigenvalue weighted by Gasteiger charge is -2.29. The van der Waals surface area contributed by atoms with Crippen molar-refractivity contribution in [2.75, 3.05) is 36.5 Å². The molecule has 0 spiro atoms. The molecule has 0 aromatic carbocycles. The first-order valence-electron chi connectivity index (χ1n) is 6.24. The summed E-state index contributed by atoms with van der Waals surface area (Å²) in [4.78, 5) is 14.9. The number of nitrogens with one attached hydrogen (secondary N) is 1. The summed E-state index contributed by atoms with van der Waals surface area (Å²) in [7, 11) is 0.